The van der Waals surface area contributed by atoms with E-state index in [1.165, 1.54) is 6.92 Å². The van der Waals surface area contributed by atoms with Crippen LogP contribution in [0.3, 0.4) is 0 Å². The van der Waals surface area contributed by atoms with Crippen LogP contribution in [0.4, 0.5) is 18.9 Å². The summed E-state index contributed by atoms with van der Waals surface area (Å²) in [5.41, 5.74) is -2.69. The number of rotatable bonds is 4. The van der Waals surface area contributed by atoms with E-state index < -0.39 is 38.9 Å². The molecule has 1 aromatic carbocycles. The zero-order chi connectivity index (χ0) is 18.1. The SMILES string of the molecule is CCOC(=O)c1nn(-c2ccc(C(F)(F)F)cc2[N+](=O)[O-])c(=O)s1. The molecule has 0 N–H and O–H groups in total. The van der Waals surface area contributed by atoms with Gasteiger partial charge in [0, 0.05) is 6.07 Å². The summed E-state index contributed by atoms with van der Waals surface area (Å²) < 4.78 is 43.2. The van der Waals surface area contributed by atoms with Gasteiger partial charge >= 0.3 is 17.0 Å². The van der Waals surface area contributed by atoms with Gasteiger partial charge in [-0.15, -0.1) is 5.10 Å². The molecule has 12 heteroatoms. The summed E-state index contributed by atoms with van der Waals surface area (Å²) in [7, 11) is 0. The Bertz CT molecular complexity index is 858. The highest BCUT2D eigenvalue weighted by atomic mass is 32.1. The molecular formula is C12H8F3N3O5S. The van der Waals surface area contributed by atoms with Crippen molar-refractivity contribution in [1.29, 1.82) is 0 Å². The van der Waals surface area contributed by atoms with E-state index in [1.807, 2.05) is 0 Å². The fourth-order valence-electron chi connectivity index (χ4n) is 1.73. The molecule has 2 aromatic rings. The Hall–Kier alpha value is -2.76. The molecular weight excluding hydrogens is 355 g/mol. The number of carbonyl (C=O) groups is 1. The third kappa shape index (κ3) is 3.42. The van der Waals surface area contributed by atoms with Crippen molar-refractivity contribution in [2.75, 3.05) is 6.61 Å². The van der Waals surface area contributed by atoms with Crippen molar-refractivity contribution in [1.82, 2.24) is 9.78 Å². The van der Waals surface area contributed by atoms with Crippen LogP contribution < -0.4 is 4.87 Å². The number of aromatic nitrogens is 2. The van der Waals surface area contributed by atoms with E-state index in [1.54, 1.807) is 0 Å². The largest absolute Gasteiger partial charge is 0.461 e. The Labute approximate surface area is 135 Å². The number of nitrogens with zero attached hydrogens (tertiary/aromatic N) is 3. The first kappa shape index (κ1) is 17.6. The zero-order valence-corrected chi connectivity index (χ0v) is 12.7. The molecule has 0 aliphatic heterocycles. The number of carbonyl (C=O) groups excluding carboxylic acids is 1. The third-order valence-corrected chi connectivity index (χ3v) is 3.51. The maximum atomic E-state index is 12.7. The molecule has 0 saturated carbocycles. The maximum absolute atomic E-state index is 12.7. The van der Waals surface area contributed by atoms with Gasteiger partial charge in [0.25, 0.3) is 5.69 Å². The number of alkyl halides is 3. The van der Waals surface area contributed by atoms with Crippen LogP contribution in [-0.2, 0) is 10.9 Å². The predicted octanol–water partition coefficient (Wildman–Crippen LogP) is 2.40. The summed E-state index contributed by atoms with van der Waals surface area (Å²) >= 11 is 0.364. The average molecular weight is 363 g/mol. The van der Waals surface area contributed by atoms with Crippen molar-refractivity contribution in [3.63, 3.8) is 0 Å². The van der Waals surface area contributed by atoms with Crippen molar-refractivity contribution in [2.45, 2.75) is 13.1 Å². The number of nitro benzene ring substituents is 1. The summed E-state index contributed by atoms with van der Waals surface area (Å²) in [4.78, 5) is 32.5. The number of hydrogen-bond donors (Lipinski definition) is 0. The summed E-state index contributed by atoms with van der Waals surface area (Å²) in [6.45, 7) is 1.55. The molecule has 1 aromatic heterocycles. The van der Waals surface area contributed by atoms with Gasteiger partial charge in [0.15, 0.2) is 0 Å². The quantitative estimate of drug-likeness (QED) is 0.469. The zero-order valence-electron chi connectivity index (χ0n) is 11.9. The molecule has 0 aliphatic rings. The van der Waals surface area contributed by atoms with Gasteiger partial charge in [0.2, 0.25) is 5.01 Å². The van der Waals surface area contributed by atoms with Gasteiger partial charge in [-0.05, 0) is 30.4 Å². The van der Waals surface area contributed by atoms with Crippen molar-refractivity contribution in [3.8, 4) is 5.69 Å². The minimum absolute atomic E-state index is 0.0209. The van der Waals surface area contributed by atoms with Crippen LogP contribution in [0.1, 0.15) is 22.3 Å². The second-order valence-corrected chi connectivity index (χ2v) is 5.20. The third-order valence-electron chi connectivity index (χ3n) is 2.73. The second kappa shape index (κ2) is 6.39. The minimum atomic E-state index is -4.79. The fraction of sp³-hybridized carbons (Fsp3) is 0.250. The molecule has 0 radical (unpaired) electrons. The highest BCUT2D eigenvalue weighted by molar-refractivity contribution is 7.10. The Morgan fingerprint density at radius 2 is 2.12 bits per heavy atom. The molecule has 0 saturated heterocycles. The van der Waals surface area contributed by atoms with Crippen molar-refractivity contribution < 1.29 is 27.6 Å². The van der Waals surface area contributed by atoms with Crippen LogP contribution in [0.15, 0.2) is 23.0 Å². The number of ether oxygens (including phenoxy) is 1. The number of esters is 1. The lowest BCUT2D eigenvalue weighted by molar-refractivity contribution is -0.384. The van der Waals surface area contributed by atoms with Gasteiger partial charge < -0.3 is 4.74 Å². The smallest absolute Gasteiger partial charge is 0.416 e. The molecule has 0 aliphatic carbocycles. The molecule has 0 amide bonds. The summed E-state index contributed by atoms with van der Waals surface area (Å²) in [6, 6.07) is 1.63. The van der Waals surface area contributed by atoms with E-state index in [9.17, 15) is 32.9 Å². The van der Waals surface area contributed by atoms with Gasteiger partial charge in [-0.2, -0.15) is 17.9 Å². The molecule has 1 heterocycles. The second-order valence-electron chi connectivity index (χ2n) is 4.26. The van der Waals surface area contributed by atoms with Gasteiger partial charge in [0.1, 0.15) is 5.69 Å². The fourth-order valence-corrected chi connectivity index (χ4v) is 2.39. The van der Waals surface area contributed by atoms with E-state index in [4.69, 9.17) is 0 Å². The van der Waals surface area contributed by atoms with Crippen molar-refractivity contribution in [3.05, 3.63) is 48.6 Å². The first-order valence-corrected chi connectivity index (χ1v) is 7.10. The Balaban J connectivity index is 2.59. The number of nitro groups is 1. The lowest BCUT2D eigenvalue weighted by Crippen LogP contribution is -2.15. The Kier molecular flexibility index (Phi) is 4.68. The standard InChI is InChI=1S/C12H8F3N3O5S/c1-2-23-10(19)9-16-17(11(20)24-9)7-4-3-6(12(13,14)15)5-8(7)18(21)22/h3-5H,2H2,1H3. The van der Waals surface area contributed by atoms with Gasteiger partial charge in [-0.1, -0.05) is 0 Å². The summed E-state index contributed by atoms with van der Waals surface area (Å²) in [6.07, 6.45) is -4.79. The molecule has 24 heavy (non-hydrogen) atoms. The average Bonchev–Trinajstić information content (AvgIpc) is 2.88. The van der Waals surface area contributed by atoms with Crippen LogP contribution in [0, 0.1) is 10.1 Å². The molecule has 0 spiro atoms. The maximum Gasteiger partial charge on any atom is 0.416 e. The molecule has 0 fully saturated rings. The number of hydrogen-bond acceptors (Lipinski definition) is 7. The highest BCUT2D eigenvalue weighted by Gasteiger charge is 2.34. The number of halogens is 3. The molecule has 8 nitrogen and oxygen atoms in total. The highest BCUT2D eigenvalue weighted by Crippen LogP contribution is 2.33. The Morgan fingerprint density at radius 3 is 2.67 bits per heavy atom. The van der Waals surface area contributed by atoms with E-state index in [-0.39, 0.29) is 11.6 Å². The first-order chi connectivity index (χ1) is 11.1. The van der Waals surface area contributed by atoms with Crippen LogP contribution in [0.25, 0.3) is 5.69 Å². The van der Waals surface area contributed by atoms with Crippen LogP contribution >= 0.6 is 11.3 Å². The first-order valence-electron chi connectivity index (χ1n) is 6.28. The van der Waals surface area contributed by atoms with Crippen molar-refractivity contribution in [2.24, 2.45) is 0 Å². The number of benzene rings is 1. The monoisotopic (exact) mass is 363 g/mol. The van der Waals surface area contributed by atoms with E-state index in [0.29, 0.717) is 28.2 Å². The summed E-state index contributed by atoms with van der Waals surface area (Å²) in [5, 5.41) is 14.3. The molecule has 0 unspecified atom stereocenters. The van der Waals surface area contributed by atoms with E-state index in [0.717, 1.165) is 6.07 Å². The van der Waals surface area contributed by atoms with E-state index >= 15 is 0 Å². The lowest BCUT2D eigenvalue weighted by atomic mass is 10.1. The van der Waals surface area contributed by atoms with Gasteiger partial charge in [0.05, 0.1) is 17.1 Å². The molecule has 0 bridgehead atoms. The van der Waals surface area contributed by atoms with Crippen LogP contribution in [-0.4, -0.2) is 27.3 Å². The Morgan fingerprint density at radius 1 is 1.46 bits per heavy atom. The van der Waals surface area contributed by atoms with Crippen molar-refractivity contribution >= 4 is 23.0 Å². The molecule has 2 rings (SSSR count). The summed E-state index contributed by atoms with van der Waals surface area (Å²) in [5.74, 6) is -0.909. The van der Waals surface area contributed by atoms with Gasteiger partial charge in [-0.25, -0.2) is 4.79 Å². The minimum Gasteiger partial charge on any atom is -0.461 e. The van der Waals surface area contributed by atoms with E-state index in [2.05, 4.69) is 9.84 Å². The predicted molar refractivity (Wildman–Crippen MR) is 75.3 cm³/mol. The topological polar surface area (TPSA) is 104 Å². The van der Waals surface area contributed by atoms with Crippen LogP contribution in [0.5, 0.6) is 0 Å². The normalized spacial score (nSPS) is 11.3. The van der Waals surface area contributed by atoms with Crippen LogP contribution in [0.2, 0.25) is 0 Å². The molecule has 128 valence electrons. The lowest BCUT2D eigenvalue weighted by Gasteiger charge is -2.08. The molecule has 0 atom stereocenters. The van der Waals surface area contributed by atoms with Gasteiger partial charge in [-0.3, -0.25) is 14.9 Å².